The maximum absolute atomic E-state index is 13.5. The number of aromatic amines is 1. The van der Waals surface area contributed by atoms with E-state index >= 15 is 0 Å². The Morgan fingerprint density at radius 2 is 2.00 bits per heavy atom. The Bertz CT molecular complexity index is 1440. The monoisotopic (exact) mass is 468 g/mol. The van der Waals surface area contributed by atoms with E-state index in [1.165, 1.54) is 12.1 Å². The summed E-state index contributed by atoms with van der Waals surface area (Å²) in [6.45, 7) is -0.363. The molecule has 0 aliphatic heterocycles. The third-order valence-electron chi connectivity index (χ3n) is 5.49. The number of imidazole rings is 1. The average Bonchev–Trinajstić information content (AvgIpc) is 3.33. The van der Waals surface area contributed by atoms with Crippen molar-refractivity contribution in [3.05, 3.63) is 60.2 Å². The van der Waals surface area contributed by atoms with Gasteiger partial charge in [-0.2, -0.15) is 0 Å². The number of carbonyl (C=O) groups is 1. The number of anilines is 1. The van der Waals surface area contributed by atoms with E-state index in [1.807, 2.05) is 6.07 Å². The lowest BCUT2D eigenvalue weighted by Crippen LogP contribution is -2.32. The zero-order chi connectivity index (χ0) is 23.2. The normalized spacial score (nSPS) is 14.0. The molecule has 2 heterocycles. The zero-order valence-electron chi connectivity index (χ0n) is 17.7. The number of aromatic nitrogens is 2. The van der Waals surface area contributed by atoms with E-state index in [-0.39, 0.29) is 12.4 Å². The number of H-pyrrole nitrogens is 1. The first-order valence-corrected chi connectivity index (χ1v) is 12.3. The van der Waals surface area contributed by atoms with E-state index in [0.29, 0.717) is 34.3 Å². The van der Waals surface area contributed by atoms with E-state index in [0.717, 1.165) is 35.6 Å². The first-order chi connectivity index (χ1) is 15.8. The summed E-state index contributed by atoms with van der Waals surface area (Å²) in [5.74, 6) is 0.616. The molecule has 1 amide bonds. The van der Waals surface area contributed by atoms with Gasteiger partial charge in [-0.1, -0.05) is 0 Å². The number of furan rings is 1. The minimum Gasteiger partial charge on any atom is -0.455 e. The van der Waals surface area contributed by atoms with E-state index in [1.54, 1.807) is 30.6 Å². The van der Waals surface area contributed by atoms with Gasteiger partial charge in [-0.25, -0.2) is 22.5 Å². The van der Waals surface area contributed by atoms with Crippen molar-refractivity contribution < 1.29 is 22.0 Å². The highest BCUT2D eigenvalue weighted by Gasteiger charge is 2.29. The van der Waals surface area contributed by atoms with Crippen LogP contribution in [0.3, 0.4) is 0 Å². The number of fused-ring (bicyclic) bond motifs is 1. The number of nitrogens with zero attached hydrogens (tertiary/aromatic N) is 1. The number of hydrogen-bond donors (Lipinski definition) is 3. The van der Waals surface area contributed by atoms with E-state index < -0.39 is 15.9 Å². The predicted molar refractivity (Wildman–Crippen MR) is 123 cm³/mol. The number of rotatable bonds is 7. The lowest BCUT2D eigenvalue weighted by Gasteiger charge is -2.11. The molecule has 3 N–H and O–H groups in total. The number of nitrogens with one attached hydrogen (secondary N) is 3. The quantitative estimate of drug-likeness (QED) is 0.379. The lowest BCUT2D eigenvalue weighted by molar-refractivity contribution is -0.115. The van der Waals surface area contributed by atoms with E-state index in [2.05, 4.69) is 20.0 Å². The molecule has 8 nitrogen and oxygen atoms in total. The van der Waals surface area contributed by atoms with E-state index in [4.69, 9.17) is 4.42 Å². The molecule has 2 aromatic heterocycles. The molecule has 5 rings (SSSR count). The molecule has 1 aliphatic carbocycles. The second-order valence-electron chi connectivity index (χ2n) is 8.10. The topological polar surface area (TPSA) is 117 Å². The van der Waals surface area contributed by atoms with Crippen LogP contribution in [-0.4, -0.2) is 37.1 Å². The maximum Gasteiger partial charge on any atom is 0.239 e. The summed E-state index contributed by atoms with van der Waals surface area (Å²) in [6, 6.07) is 9.75. The third-order valence-corrected chi connectivity index (χ3v) is 6.16. The zero-order valence-corrected chi connectivity index (χ0v) is 18.5. The van der Waals surface area contributed by atoms with Crippen LogP contribution in [0, 0.1) is 5.82 Å². The van der Waals surface area contributed by atoms with Crippen LogP contribution >= 0.6 is 0 Å². The molecule has 0 radical (unpaired) electrons. The van der Waals surface area contributed by atoms with Gasteiger partial charge in [0.25, 0.3) is 0 Å². The summed E-state index contributed by atoms with van der Waals surface area (Å²) in [5, 5.41) is 3.63. The van der Waals surface area contributed by atoms with Gasteiger partial charge < -0.3 is 14.7 Å². The number of hydrogen-bond acceptors (Lipinski definition) is 5. The Balaban J connectivity index is 1.62. The molecule has 0 bridgehead atoms. The van der Waals surface area contributed by atoms with Crippen molar-refractivity contribution in [2.75, 3.05) is 18.1 Å². The highest BCUT2D eigenvalue weighted by Crippen LogP contribution is 2.48. The van der Waals surface area contributed by atoms with Gasteiger partial charge >= 0.3 is 0 Å². The number of benzene rings is 2. The van der Waals surface area contributed by atoms with Gasteiger partial charge in [0.1, 0.15) is 23.0 Å². The van der Waals surface area contributed by atoms with Crippen molar-refractivity contribution in [2.45, 2.75) is 18.8 Å². The Kier molecular flexibility index (Phi) is 5.26. The Labute approximate surface area is 189 Å². The van der Waals surface area contributed by atoms with Gasteiger partial charge in [-0.3, -0.25) is 4.79 Å². The third kappa shape index (κ3) is 4.53. The molecular weight excluding hydrogens is 447 g/mol. The molecule has 4 aromatic rings. The van der Waals surface area contributed by atoms with Crippen molar-refractivity contribution in [2.24, 2.45) is 0 Å². The summed E-state index contributed by atoms with van der Waals surface area (Å²) in [7, 11) is -3.49. The van der Waals surface area contributed by atoms with Crippen LogP contribution in [0.25, 0.3) is 33.7 Å². The Hall–Kier alpha value is -3.50. The Morgan fingerprint density at radius 3 is 2.64 bits per heavy atom. The Morgan fingerprint density at radius 1 is 1.24 bits per heavy atom. The molecule has 170 valence electrons. The fourth-order valence-electron chi connectivity index (χ4n) is 3.83. The standard InChI is InChI=1S/C23H21FN4O4S/c1-33(30,31)27-12-20(29)28-18-11-19-17(10-16(18)13-2-3-13)21(23-25-8-9-26-23)22(32-19)14-4-6-15(24)7-5-14/h4-11,13,27H,2-3,12H2,1H3,(H,25,26)(H,28,29). The van der Waals surface area contributed by atoms with Crippen LogP contribution in [0.2, 0.25) is 0 Å². The molecule has 0 atom stereocenters. The van der Waals surface area contributed by atoms with Crippen molar-refractivity contribution in [1.82, 2.24) is 14.7 Å². The minimum atomic E-state index is -3.49. The van der Waals surface area contributed by atoms with Gasteiger partial charge in [0.2, 0.25) is 15.9 Å². The van der Waals surface area contributed by atoms with Crippen LogP contribution in [0.4, 0.5) is 10.1 Å². The number of carbonyl (C=O) groups excluding carboxylic acids is 1. The molecule has 0 unspecified atom stereocenters. The first-order valence-electron chi connectivity index (χ1n) is 10.4. The number of sulfonamides is 1. The van der Waals surface area contributed by atoms with Crippen LogP contribution in [-0.2, 0) is 14.8 Å². The molecule has 33 heavy (non-hydrogen) atoms. The van der Waals surface area contributed by atoms with Crippen LogP contribution in [0.5, 0.6) is 0 Å². The SMILES string of the molecule is CS(=O)(=O)NCC(=O)Nc1cc2oc(-c3ccc(F)cc3)c(-c3ncc[nH]3)c2cc1C1CC1. The van der Waals surface area contributed by atoms with Gasteiger partial charge in [0.15, 0.2) is 0 Å². The molecule has 1 aliphatic rings. The summed E-state index contributed by atoms with van der Waals surface area (Å²) < 4.78 is 44.5. The number of halogens is 1. The summed E-state index contributed by atoms with van der Waals surface area (Å²) in [6.07, 6.45) is 6.35. The summed E-state index contributed by atoms with van der Waals surface area (Å²) >= 11 is 0. The highest BCUT2D eigenvalue weighted by molar-refractivity contribution is 7.88. The second-order valence-corrected chi connectivity index (χ2v) is 9.94. The van der Waals surface area contributed by atoms with Gasteiger partial charge in [0, 0.05) is 35.1 Å². The smallest absolute Gasteiger partial charge is 0.239 e. The second kappa shape index (κ2) is 8.13. The largest absolute Gasteiger partial charge is 0.455 e. The van der Waals surface area contributed by atoms with Crippen molar-refractivity contribution in [1.29, 1.82) is 0 Å². The molecule has 0 spiro atoms. The first kappa shape index (κ1) is 21.4. The maximum atomic E-state index is 13.5. The number of amides is 1. The molecular formula is C23H21FN4O4S. The van der Waals surface area contributed by atoms with Gasteiger partial charge in [0.05, 0.1) is 18.4 Å². The molecule has 10 heteroatoms. The van der Waals surface area contributed by atoms with Crippen LogP contribution in [0.15, 0.2) is 53.2 Å². The fourth-order valence-corrected chi connectivity index (χ4v) is 4.23. The van der Waals surface area contributed by atoms with Crippen molar-refractivity contribution >= 4 is 32.6 Å². The summed E-state index contributed by atoms with van der Waals surface area (Å²) in [5.41, 5.74) is 3.50. The van der Waals surface area contributed by atoms with Gasteiger partial charge in [-0.05, 0) is 54.7 Å². The molecule has 0 saturated heterocycles. The minimum absolute atomic E-state index is 0.293. The summed E-state index contributed by atoms with van der Waals surface area (Å²) in [4.78, 5) is 19.9. The predicted octanol–water partition coefficient (Wildman–Crippen LogP) is 3.99. The fraction of sp³-hybridized carbons (Fsp3) is 0.217. The van der Waals surface area contributed by atoms with Crippen molar-refractivity contribution in [3.8, 4) is 22.7 Å². The lowest BCUT2D eigenvalue weighted by atomic mass is 10.0. The van der Waals surface area contributed by atoms with Gasteiger partial charge in [-0.15, -0.1) is 0 Å². The molecule has 2 aromatic carbocycles. The van der Waals surface area contributed by atoms with Crippen LogP contribution in [0.1, 0.15) is 24.3 Å². The molecule has 1 fully saturated rings. The average molecular weight is 469 g/mol. The highest BCUT2D eigenvalue weighted by atomic mass is 32.2. The van der Waals surface area contributed by atoms with E-state index in [9.17, 15) is 17.6 Å². The van der Waals surface area contributed by atoms with Crippen molar-refractivity contribution in [3.63, 3.8) is 0 Å². The molecule has 1 saturated carbocycles. The van der Waals surface area contributed by atoms with Crippen LogP contribution < -0.4 is 10.0 Å².